The molecule has 1 heterocycles. The topological polar surface area (TPSA) is 88.9 Å². The van der Waals surface area contributed by atoms with Crippen LogP contribution in [0.2, 0.25) is 10.0 Å². The fourth-order valence-corrected chi connectivity index (χ4v) is 4.18. The Labute approximate surface area is 207 Å². The van der Waals surface area contributed by atoms with Gasteiger partial charge in [0, 0.05) is 18.3 Å². The van der Waals surface area contributed by atoms with Gasteiger partial charge in [0.1, 0.15) is 0 Å². The summed E-state index contributed by atoms with van der Waals surface area (Å²) in [6.07, 6.45) is 0. The lowest BCUT2D eigenvalue weighted by molar-refractivity contribution is -0.113. The van der Waals surface area contributed by atoms with Crippen LogP contribution in [-0.4, -0.2) is 32.3 Å². The van der Waals surface area contributed by atoms with Crippen molar-refractivity contribution in [2.24, 2.45) is 13.0 Å². The van der Waals surface area contributed by atoms with Gasteiger partial charge in [-0.25, -0.2) is 0 Å². The Hall–Kier alpha value is -2.55. The highest BCUT2D eigenvalue weighted by Gasteiger charge is 2.25. The molecule has 2 N–H and O–H groups in total. The fourth-order valence-electron chi connectivity index (χ4n) is 3.16. The van der Waals surface area contributed by atoms with Crippen molar-refractivity contribution < 1.29 is 9.59 Å². The van der Waals surface area contributed by atoms with Gasteiger partial charge in [0.2, 0.25) is 5.91 Å². The van der Waals surface area contributed by atoms with Gasteiger partial charge in [0.15, 0.2) is 11.0 Å². The summed E-state index contributed by atoms with van der Waals surface area (Å²) in [6, 6.07) is 12.0. The zero-order valence-electron chi connectivity index (χ0n) is 18.7. The molecular weight excluding hydrogens is 481 g/mol. The van der Waals surface area contributed by atoms with Gasteiger partial charge >= 0.3 is 0 Å². The number of anilines is 1. The van der Waals surface area contributed by atoms with Crippen molar-refractivity contribution in [3.63, 3.8) is 0 Å². The second-order valence-electron chi connectivity index (χ2n) is 7.93. The van der Waals surface area contributed by atoms with Crippen molar-refractivity contribution in [2.45, 2.75) is 32.0 Å². The molecule has 1 atom stereocenters. The molecule has 2 aromatic carbocycles. The highest BCUT2D eigenvalue weighted by Crippen LogP contribution is 2.26. The van der Waals surface area contributed by atoms with Crippen LogP contribution in [0.3, 0.4) is 0 Å². The molecule has 2 amide bonds. The number of amides is 2. The van der Waals surface area contributed by atoms with Crippen LogP contribution in [0.4, 0.5) is 5.69 Å². The molecule has 0 spiro atoms. The Morgan fingerprint density at radius 2 is 1.85 bits per heavy atom. The molecular formula is C23H25Cl2N5O2S. The van der Waals surface area contributed by atoms with E-state index in [-0.39, 0.29) is 29.5 Å². The summed E-state index contributed by atoms with van der Waals surface area (Å²) in [5.41, 5.74) is 2.23. The molecule has 0 aliphatic heterocycles. The van der Waals surface area contributed by atoms with Gasteiger partial charge in [-0.1, -0.05) is 60.9 Å². The van der Waals surface area contributed by atoms with Crippen LogP contribution in [-0.2, 0) is 11.8 Å². The van der Waals surface area contributed by atoms with Crippen LogP contribution in [0, 0.1) is 12.8 Å². The Morgan fingerprint density at radius 1 is 1.09 bits per heavy atom. The summed E-state index contributed by atoms with van der Waals surface area (Å²) in [5, 5.41) is 15.7. The predicted octanol–water partition coefficient (Wildman–Crippen LogP) is 5.29. The first-order valence-corrected chi connectivity index (χ1v) is 12.0. The Morgan fingerprint density at radius 3 is 2.52 bits per heavy atom. The lowest BCUT2D eigenvalue weighted by atomic mass is 10.0. The molecule has 0 bridgehead atoms. The van der Waals surface area contributed by atoms with Gasteiger partial charge in [-0.05, 0) is 48.7 Å². The van der Waals surface area contributed by atoms with Crippen LogP contribution < -0.4 is 10.6 Å². The maximum atomic E-state index is 12.8. The van der Waals surface area contributed by atoms with E-state index < -0.39 is 0 Å². The number of thioether (sulfide) groups is 1. The Balaban J connectivity index is 1.67. The van der Waals surface area contributed by atoms with E-state index in [0.29, 0.717) is 26.6 Å². The average Bonchev–Trinajstić information content (AvgIpc) is 3.12. The summed E-state index contributed by atoms with van der Waals surface area (Å²) < 4.78 is 1.80. The summed E-state index contributed by atoms with van der Waals surface area (Å²) in [4.78, 5) is 25.1. The van der Waals surface area contributed by atoms with E-state index in [1.54, 1.807) is 16.7 Å². The normalized spacial score (nSPS) is 12.0. The lowest BCUT2D eigenvalue weighted by Crippen LogP contribution is -2.33. The number of carbonyl (C=O) groups is 2. The van der Waals surface area contributed by atoms with E-state index in [2.05, 4.69) is 20.8 Å². The molecule has 0 unspecified atom stereocenters. The predicted molar refractivity (Wildman–Crippen MR) is 133 cm³/mol. The number of benzene rings is 2. The molecule has 7 nitrogen and oxygen atoms in total. The number of rotatable bonds is 8. The third-order valence-corrected chi connectivity index (χ3v) is 6.68. The van der Waals surface area contributed by atoms with Crippen molar-refractivity contribution in [1.82, 2.24) is 20.1 Å². The Bertz CT molecular complexity index is 1170. The minimum absolute atomic E-state index is 0.0436. The minimum atomic E-state index is -0.389. The number of halogens is 2. The van der Waals surface area contributed by atoms with Gasteiger partial charge in [0.05, 0.1) is 21.8 Å². The largest absolute Gasteiger partial charge is 0.342 e. The molecule has 0 fully saturated rings. The van der Waals surface area contributed by atoms with Crippen molar-refractivity contribution in [3.8, 4) is 0 Å². The molecule has 0 aliphatic carbocycles. The second-order valence-corrected chi connectivity index (χ2v) is 9.69. The van der Waals surface area contributed by atoms with Crippen LogP contribution in [0.5, 0.6) is 0 Å². The second kappa shape index (κ2) is 11.0. The molecule has 1 aromatic heterocycles. The van der Waals surface area contributed by atoms with Crippen LogP contribution in [0.1, 0.15) is 41.6 Å². The number of aryl methyl sites for hydroxylation is 1. The molecule has 33 heavy (non-hydrogen) atoms. The van der Waals surface area contributed by atoms with E-state index in [1.807, 2.05) is 52.1 Å². The highest BCUT2D eigenvalue weighted by molar-refractivity contribution is 7.99. The van der Waals surface area contributed by atoms with E-state index in [0.717, 1.165) is 11.3 Å². The van der Waals surface area contributed by atoms with Crippen LogP contribution in [0.15, 0.2) is 47.6 Å². The maximum absolute atomic E-state index is 12.8. The summed E-state index contributed by atoms with van der Waals surface area (Å²) in [5.74, 6) is 0.398. The zero-order chi connectivity index (χ0) is 24.1. The average molecular weight is 506 g/mol. The van der Waals surface area contributed by atoms with E-state index >= 15 is 0 Å². The van der Waals surface area contributed by atoms with E-state index in [1.165, 1.54) is 17.8 Å². The molecule has 0 aliphatic rings. The highest BCUT2D eigenvalue weighted by atomic mass is 35.5. The summed E-state index contributed by atoms with van der Waals surface area (Å²) >= 11 is 13.3. The van der Waals surface area contributed by atoms with Gasteiger partial charge in [-0.3, -0.25) is 9.59 Å². The molecule has 0 saturated heterocycles. The zero-order valence-corrected chi connectivity index (χ0v) is 21.1. The summed E-state index contributed by atoms with van der Waals surface area (Å²) in [6.45, 7) is 5.93. The molecule has 3 rings (SSSR count). The van der Waals surface area contributed by atoms with Crippen molar-refractivity contribution >= 4 is 52.5 Å². The Kier molecular flexibility index (Phi) is 8.40. The standard InChI is InChI=1S/C23H25Cl2N5O2S/c1-13(2)20(27-22(32)15-8-9-17(24)18(25)11-15)21-28-29-23(30(21)4)33-12-19(31)26-16-7-5-6-14(3)10-16/h5-11,13,20H,12H2,1-4H3,(H,26,31)(H,27,32)/t20-/m1/s1. The number of nitrogens with one attached hydrogen (secondary N) is 2. The molecule has 0 radical (unpaired) electrons. The number of hydrogen-bond donors (Lipinski definition) is 2. The minimum Gasteiger partial charge on any atom is -0.342 e. The van der Waals surface area contributed by atoms with Crippen molar-refractivity contribution in [2.75, 3.05) is 11.1 Å². The lowest BCUT2D eigenvalue weighted by Gasteiger charge is -2.22. The van der Waals surface area contributed by atoms with E-state index in [4.69, 9.17) is 23.2 Å². The van der Waals surface area contributed by atoms with Crippen molar-refractivity contribution in [1.29, 1.82) is 0 Å². The number of nitrogens with zero attached hydrogens (tertiary/aromatic N) is 3. The monoisotopic (exact) mass is 505 g/mol. The van der Waals surface area contributed by atoms with Crippen LogP contribution >= 0.6 is 35.0 Å². The molecule has 0 saturated carbocycles. The third kappa shape index (κ3) is 6.50. The molecule has 3 aromatic rings. The van der Waals surface area contributed by atoms with E-state index in [9.17, 15) is 9.59 Å². The SMILES string of the molecule is Cc1cccc(NC(=O)CSc2nnc([C@H](NC(=O)c3ccc(Cl)c(Cl)c3)C(C)C)n2C)c1. The van der Waals surface area contributed by atoms with Gasteiger partial charge < -0.3 is 15.2 Å². The van der Waals surface area contributed by atoms with Crippen molar-refractivity contribution in [3.05, 3.63) is 69.5 Å². The fraction of sp³-hybridized carbons (Fsp3) is 0.304. The summed E-state index contributed by atoms with van der Waals surface area (Å²) in [7, 11) is 1.82. The first-order chi connectivity index (χ1) is 15.7. The smallest absolute Gasteiger partial charge is 0.251 e. The first-order valence-electron chi connectivity index (χ1n) is 10.3. The molecule has 174 valence electrons. The number of aromatic nitrogens is 3. The molecule has 10 heteroatoms. The van der Waals surface area contributed by atoms with Gasteiger partial charge in [0.25, 0.3) is 5.91 Å². The first kappa shape index (κ1) is 25.1. The number of carbonyl (C=O) groups excluding carboxylic acids is 2. The third-order valence-electron chi connectivity index (χ3n) is 4.92. The quantitative estimate of drug-likeness (QED) is 0.406. The maximum Gasteiger partial charge on any atom is 0.251 e. The van der Waals surface area contributed by atoms with Crippen LogP contribution in [0.25, 0.3) is 0 Å². The van der Waals surface area contributed by atoms with Gasteiger partial charge in [-0.2, -0.15) is 0 Å². The van der Waals surface area contributed by atoms with Gasteiger partial charge in [-0.15, -0.1) is 10.2 Å². The number of hydrogen-bond acceptors (Lipinski definition) is 5.